The molecule has 152 valence electrons. The number of β-amino-alcohol motifs (C(OH)–C–C–N with tert-alkyl or cyclic N) is 1. The van der Waals surface area contributed by atoms with E-state index in [1.165, 1.54) is 29.5 Å². The van der Waals surface area contributed by atoms with E-state index in [4.69, 9.17) is 10.1 Å². The Hall–Kier alpha value is -1.43. The Labute approximate surface area is 173 Å². The Morgan fingerprint density at radius 3 is 2.36 bits per heavy atom. The SMILES string of the molecule is CC1(C)CCC(C)(C)c2cc(-c3csc(N4CCN(CCO)CC4)n3)ccc21. The summed E-state index contributed by atoms with van der Waals surface area (Å²) in [6, 6.07) is 7.01. The lowest BCUT2D eigenvalue weighted by atomic mass is 9.63. The first-order valence-electron chi connectivity index (χ1n) is 10.5. The number of fused-ring (bicyclic) bond motifs is 1. The highest BCUT2D eigenvalue weighted by molar-refractivity contribution is 7.14. The van der Waals surface area contributed by atoms with Crippen molar-refractivity contribution in [3.8, 4) is 11.3 Å². The van der Waals surface area contributed by atoms with Gasteiger partial charge in [0.2, 0.25) is 0 Å². The lowest BCUT2D eigenvalue weighted by Crippen LogP contribution is -2.47. The Bertz CT molecular complexity index is 834. The van der Waals surface area contributed by atoms with Crippen molar-refractivity contribution in [1.82, 2.24) is 9.88 Å². The van der Waals surface area contributed by atoms with E-state index in [-0.39, 0.29) is 17.4 Å². The van der Waals surface area contributed by atoms with Gasteiger partial charge in [0.15, 0.2) is 5.13 Å². The van der Waals surface area contributed by atoms with Gasteiger partial charge in [-0.05, 0) is 40.9 Å². The van der Waals surface area contributed by atoms with E-state index in [1.807, 2.05) is 0 Å². The maximum Gasteiger partial charge on any atom is 0.185 e. The number of thiazole rings is 1. The normalized spacial score (nSPS) is 21.5. The molecule has 0 bridgehead atoms. The summed E-state index contributed by atoms with van der Waals surface area (Å²) in [5.74, 6) is 0. The van der Waals surface area contributed by atoms with Crippen LogP contribution in [0.2, 0.25) is 0 Å². The van der Waals surface area contributed by atoms with Gasteiger partial charge in [0.05, 0.1) is 12.3 Å². The summed E-state index contributed by atoms with van der Waals surface area (Å²) < 4.78 is 0. The second-order valence-corrected chi connectivity index (χ2v) is 10.4. The van der Waals surface area contributed by atoms with Crippen molar-refractivity contribution in [3.63, 3.8) is 0 Å². The lowest BCUT2D eigenvalue weighted by Gasteiger charge is -2.42. The first-order chi connectivity index (χ1) is 13.3. The largest absolute Gasteiger partial charge is 0.395 e. The molecule has 1 aliphatic heterocycles. The number of hydrogen-bond acceptors (Lipinski definition) is 5. The number of piperazine rings is 1. The number of aliphatic hydroxyl groups is 1. The molecule has 0 unspecified atom stereocenters. The van der Waals surface area contributed by atoms with Crippen molar-refractivity contribution in [3.05, 3.63) is 34.7 Å². The average Bonchev–Trinajstić information content (AvgIpc) is 3.16. The van der Waals surface area contributed by atoms with E-state index in [1.54, 1.807) is 11.3 Å². The second kappa shape index (κ2) is 7.43. The topological polar surface area (TPSA) is 39.6 Å². The van der Waals surface area contributed by atoms with Crippen molar-refractivity contribution in [2.24, 2.45) is 0 Å². The lowest BCUT2D eigenvalue weighted by molar-refractivity contribution is 0.189. The molecule has 1 saturated heterocycles. The van der Waals surface area contributed by atoms with Crippen molar-refractivity contribution in [2.75, 3.05) is 44.2 Å². The summed E-state index contributed by atoms with van der Waals surface area (Å²) in [6.07, 6.45) is 2.48. The van der Waals surface area contributed by atoms with Gasteiger partial charge in [0, 0.05) is 43.7 Å². The van der Waals surface area contributed by atoms with Crippen LogP contribution in [-0.2, 0) is 10.8 Å². The fourth-order valence-electron chi connectivity index (χ4n) is 4.59. The van der Waals surface area contributed by atoms with Crippen LogP contribution in [0.4, 0.5) is 5.13 Å². The van der Waals surface area contributed by atoms with E-state index in [0.29, 0.717) is 0 Å². The third-order valence-electron chi connectivity index (χ3n) is 6.70. The molecule has 0 atom stereocenters. The molecule has 28 heavy (non-hydrogen) atoms. The molecule has 1 aromatic heterocycles. The number of aromatic nitrogens is 1. The van der Waals surface area contributed by atoms with E-state index in [0.717, 1.165) is 43.5 Å². The summed E-state index contributed by atoms with van der Waals surface area (Å²) in [6.45, 7) is 14.5. The molecule has 4 nitrogen and oxygen atoms in total. The molecule has 1 N–H and O–H groups in total. The number of rotatable bonds is 4. The monoisotopic (exact) mass is 399 g/mol. The van der Waals surface area contributed by atoms with Crippen molar-refractivity contribution in [2.45, 2.75) is 51.4 Å². The van der Waals surface area contributed by atoms with Crippen LogP contribution in [0.3, 0.4) is 0 Å². The molecule has 0 spiro atoms. The van der Waals surface area contributed by atoms with E-state index in [2.05, 4.69) is 61.1 Å². The van der Waals surface area contributed by atoms with Crippen LogP contribution in [0.15, 0.2) is 23.6 Å². The Morgan fingerprint density at radius 2 is 1.68 bits per heavy atom. The van der Waals surface area contributed by atoms with Crippen molar-refractivity contribution >= 4 is 16.5 Å². The van der Waals surface area contributed by atoms with Gasteiger partial charge in [-0.3, -0.25) is 4.90 Å². The number of anilines is 1. The zero-order valence-electron chi connectivity index (χ0n) is 17.7. The standard InChI is InChI=1S/C23H33N3OS/c1-22(2)7-8-23(3,4)19-15-17(5-6-18(19)22)20-16-28-21(24-20)26-11-9-25(10-12-26)13-14-27/h5-6,15-16,27H,7-14H2,1-4H3. The minimum absolute atomic E-state index is 0.225. The number of benzene rings is 1. The fraction of sp³-hybridized carbons (Fsp3) is 0.609. The molecular weight excluding hydrogens is 366 g/mol. The van der Waals surface area contributed by atoms with Gasteiger partial charge >= 0.3 is 0 Å². The Kier molecular flexibility index (Phi) is 5.27. The number of hydrogen-bond donors (Lipinski definition) is 1. The van der Waals surface area contributed by atoms with Crippen molar-refractivity contribution in [1.29, 1.82) is 0 Å². The summed E-state index contributed by atoms with van der Waals surface area (Å²) in [4.78, 5) is 9.68. The van der Waals surface area contributed by atoms with Crippen LogP contribution >= 0.6 is 11.3 Å². The summed E-state index contributed by atoms with van der Waals surface area (Å²) in [7, 11) is 0. The highest BCUT2D eigenvalue weighted by Crippen LogP contribution is 2.46. The molecule has 1 aromatic carbocycles. The number of aliphatic hydroxyl groups excluding tert-OH is 1. The molecule has 0 radical (unpaired) electrons. The predicted octanol–water partition coefficient (Wildman–Crippen LogP) is 4.27. The number of nitrogens with zero attached hydrogens (tertiary/aromatic N) is 3. The molecule has 2 heterocycles. The molecule has 0 amide bonds. The Balaban J connectivity index is 1.57. The Morgan fingerprint density at radius 1 is 1.00 bits per heavy atom. The zero-order valence-corrected chi connectivity index (χ0v) is 18.5. The fourth-order valence-corrected chi connectivity index (χ4v) is 5.48. The third-order valence-corrected chi connectivity index (χ3v) is 7.60. The van der Waals surface area contributed by atoms with Gasteiger partial charge in [-0.2, -0.15) is 0 Å². The highest BCUT2D eigenvalue weighted by atomic mass is 32.1. The van der Waals surface area contributed by atoms with Crippen LogP contribution < -0.4 is 4.90 Å². The summed E-state index contributed by atoms with van der Waals surface area (Å²) >= 11 is 1.75. The predicted molar refractivity (Wildman–Crippen MR) is 119 cm³/mol. The average molecular weight is 400 g/mol. The van der Waals surface area contributed by atoms with Crippen molar-refractivity contribution < 1.29 is 5.11 Å². The van der Waals surface area contributed by atoms with Gasteiger partial charge in [0.1, 0.15) is 0 Å². The molecule has 5 heteroatoms. The molecular formula is C23H33N3OS. The molecule has 1 fully saturated rings. The van der Waals surface area contributed by atoms with Gasteiger partial charge in [-0.25, -0.2) is 4.98 Å². The molecule has 2 aliphatic rings. The van der Waals surface area contributed by atoms with E-state index >= 15 is 0 Å². The smallest absolute Gasteiger partial charge is 0.185 e. The highest BCUT2D eigenvalue weighted by Gasteiger charge is 2.37. The van der Waals surface area contributed by atoms with E-state index in [9.17, 15) is 0 Å². The third kappa shape index (κ3) is 3.72. The molecule has 4 rings (SSSR count). The van der Waals surface area contributed by atoms with Gasteiger partial charge in [-0.1, -0.05) is 39.8 Å². The molecule has 1 aliphatic carbocycles. The molecule has 0 saturated carbocycles. The van der Waals surface area contributed by atoms with Crippen LogP contribution in [-0.4, -0.2) is 54.3 Å². The maximum atomic E-state index is 9.12. The van der Waals surface area contributed by atoms with Crippen LogP contribution in [0.5, 0.6) is 0 Å². The van der Waals surface area contributed by atoms with E-state index < -0.39 is 0 Å². The first kappa shape index (κ1) is 19.9. The van der Waals surface area contributed by atoms with Gasteiger partial charge in [0.25, 0.3) is 0 Å². The van der Waals surface area contributed by atoms with Gasteiger partial charge in [-0.15, -0.1) is 11.3 Å². The van der Waals surface area contributed by atoms with Crippen LogP contribution in [0.1, 0.15) is 51.7 Å². The minimum atomic E-state index is 0.225. The summed E-state index contributed by atoms with van der Waals surface area (Å²) in [5, 5.41) is 12.4. The first-order valence-corrected chi connectivity index (χ1v) is 11.4. The van der Waals surface area contributed by atoms with Crippen LogP contribution in [0, 0.1) is 0 Å². The molecule has 2 aromatic rings. The van der Waals surface area contributed by atoms with Crippen LogP contribution in [0.25, 0.3) is 11.3 Å². The quantitative estimate of drug-likeness (QED) is 0.833. The van der Waals surface area contributed by atoms with Gasteiger partial charge < -0.3 is 10.0 Å². The summed E-state index contributed by atoms with van der Waals surface area (Å²) in [5.41, 5.74) is 5.82. The maximum absolute atomic E-state index is 9.12. The second-order valence-electron chi connectivity index (χ2n) is 9.60. The zero-order chi connectivity index (χ0) is 19.9. The minimum Gasteiger partial charge on any atom is -0.395 e.